The highest BCUT2D eigenvalue weighted by Gasteiger charge is 2.36. The molecule has 2 aromatic carbocycles. The molecule has 0 atom stereocenters. The van der Waals surface area contributed by atoms with E-state index in [0.717, 1.165) is 6.26 Å². The fourth-order valence-electron chi connectivity index (χ4n) is 2.91. The fourth-order valence-corrected chi connectivity index (χ4v) is 3.32. The third-order valence-corrected chi connectivity index (χ3v) is 4.48. The molecule has 3 rings (SSSR count). The number of rotatable bonds is 5. The van der Waals surface area contributed by atoms with E-state index >= 15 is 0 Å². The topological polar surface area (TPSA) is 107 Å². The highest BCUT2D eigenvalue weighted by molar-refractivity contribution is 7.85. The van der Waals surface area contributed by atoms with Crippen molar-refractivity contribution in [3.63, 3.8) is 0 Å². The largest absolute Gasteiger partial charge is 0.452 e. The number of imide groups is 1. The third kappa shape index (κ3) is 4.29. The number of carbonyl (C=O) groups is 3. The zero-order valence-electron chi connectivity index (χ0n) is 15.7. The number of amides is 2. The SMILES string of the molecule is CCCC(=O)OCC#Cc1ccc2c3c(cccc13)C(=O)N(OS(C)(=O)=O)C2=O. The van der Waals surface area contributed by atoms with Gasteiger partial charge in [-0.3, -0.25) is 14.4 Å². The first-order valence-corrected chi connectivity index (χ1v) is 10.5. The molecule has 8 nitrogen and oxygen atoms in total. The second kappa shape index (κ2) is 8.03. The molecule has 0 spiro atoms. The van der Waals surface area contributed by atoms with Gasteiger partial charge in [0.25, 0.3) is 21.9 Å². The van der Waals surface area contributed by atoms with E-state index in [1.165, 1.54) is 12.1 Å². The minimum absolute atomic E-state index is 0.0738. The van der Waals surface area contributed by atoms with Gasteiger partial charge in [0.2, 0.25) is 0 Å². The summed E-state index contributed by atoms with van der Waals surface area (Å²) in [6.07, 6.45) is 1.75. The fraction of sp³-hybridized carbons (Fsp3) is 0.250. The van der Waals surface area contributed by atoms with Gasteiger partial charge in [-0.05, 0) is 30.0 Å². The van der Waals surface area contributed by atoms with Crippen molar-refractivity contribution in [1.82, 2.24) is 5.06 Å². The number of hydroxylamine groups is 2. The summed E-state index contributed by atoms with van der Waals surface area (Å²) in [6.45, 7) is 1.79. The van der Waals surface area contributed by atoms with Gasteiger partial charge in [0.1, 0.15) is 0 Å². The summed E-state index contributed by atoms with van der Waals surface area (Å²) in [6, 6.07) is 7.80. The van der Waals surface area contributed by atoms with E-state index < -0.39 is 21.9 Å². The average Bonchev–Trinajstić information content (AvgIpc) is 2.66. The maximum atomic E-state index is 12.6. The minimum atomic E-state index is -4.08. The normalized spacial score (nSPS) is 13.2. The van der Waals surface area contributed by atoms with Gasteiger partial charge >= 0.3 is 5.97 Å². The maximum absolute atomic E-state index is 12.6. The van der Waals surface area contributed by atoms with Crippen molar-refractivity contribution in [3.05, 3.63) is 47.0 Å². The monoisotopic (exact) mass is 415 g/mol. The Morgan fingerprint density at radius 1 is 1.10 bits per heavy atom. The Hall–Kier alpha value is -3.22. The lowest BCUT2D eigenvalue weighted by molar-refractivity contribution is -0.142. The lowest BCUT2D eigenvalue weighted by Gasteiger charge is -2.25. The number of hydrogen-bond acceptors (Lipinski definition) is 7. The zero-order chi connectivity index (χ0) is 21.2. The predicted molar refractivity (Wildman–Crippen MR) is 103 cm³/mol. The number of esters is 1. The highest BCUT2D eigenvalue weighted by atomic mass is 32.2. The molecule has 1 aliphatic heterocycles. The van der Waals surface area contributed by atoms with Crippen LogP contribution in [0.2, 0.25) is 0 Å². The molecule has 0 N–H and O–H groups in total. The minimum Gasteiger partial charge on any atom is -0.452 e. The molecule has 1 heterocycles. The van der Waals surface area contributed by atoms with Crippen LogP contribution in [0.15, 0.2) is 30.3 Å². The van der Waals surface area contributed by atoms with Crippen molar-refractivity contribution in [2.45, 2.75) is 19.8 Å². The van der Waals surface area contributed by atoms with Crippen molar-refractivity contribution in [1.29, 1.82) is 0 Å². The second-order valence-corrected chi connectivity index (χ2v) is 7.84. The van der Waals surface area contributed by atoms with E-state index in [-0.39, 0.29) is 28.8 Å². The van der Waals surface area contributed by atoms with Gasteiger partial charge in [0.05, 0.1) is 17.4 Å². The van der Waals surface area contributed by atoms with Crippen LogP contribution in [0.1, 0.15) is 46.0 Å². The zero-order valence-corrected chi connectivity index (χ0v) is 16.5. The van der Waals surface area contributed by atoms with E-state index in [0.29, 0.717) is 29.2 Å². The molecular weight excluding hydrogens is 398 g/mol. The molecule has 150 valence electrons. The molecule has 0 saturated carbocycles. The first-order valence-electron chi connectivity index (χ1n) is 8.71. The summed E-state index contributed by atoms with van der Waals surface area (Å²) in [5, 5.41) is 1.16. The number of ether oxygens (including phenoxy) is 1. The van der Waals surface area contributed by atoms with E-state index in [9.17, 15) is 22.8 Å². The Labute approximate surface area is 167 Å². The molecule has 0 aliphatic carbocycles. The summed E-state index contributed by atoms with van der Waals surface area (Å²) in [5.74, 6) is 3.53. The average molecular weight is 415 g/mol. The van der Waals surface area contributed by atoms with Crippen LogP contribution in [0.5, 0.6) is 0 Å². The molecule has 9 heteroatoms. The van der Waals surface area contributed by atoms with Gasteiger partial charge < -0.3 is 4.74 Å². The lowest BCUT2D eigenvalue weighted by Crippen LogP contribution is -2.41. The summed E-state index contributed by atoms with van der Waals surface area (Å²) in [4.78, 5) is 36.6. The van der Waals surface area contributed by atoms with E-state index in [4.69, 9.17) is 4.74 Å². The second-order valence-electron chi connectivity index (χ2n) is 6.28. The van der Waals surface area contributed by atoms with Crippen LogP contribution in [-0.2, 0) is 23.9 Å². The smallest absolute Gasteiger partial charge is 0.306 e. The van der Waals surface area contributed by atoms with E-state index in [1.807, 2.05) is 6.92 Å². The third-order valence-electron chi connectivity index (χ3n) is 4.06. The summed E-state index contributed by atoms with van der Waals surface area (Å²) in [7, 11) is -4.08. The quantitative estimate of drug-likeness (QED) is 0.418. The molecule has 0 unspecified atom stereocenters. The van der Waals surface area contributed by atoms with Gasteiger partial charge in [0.15, 0.2) is 6.61 Å². The van der Waals surface area contributed by atoms with Gasteiger partial charge in [-0.2, -0.15) is 8.42 Å². The molecule has 0 bridgehead atoms. The number of hydrogen-bond donors (Lipinski definition) is 0. The Bertz CT molecular complexity index is 1170. The number of benzene rings is 2. The molecule has 0 fully saturated rings. The van der Waals surface area contributed by atoms with Crippen LogP contribution < -0.4 is 0 Å². The Kier molecular flexibility index (Phi) is 5.68. The standard InChI is InChI=1S/C20H17NO7S/c1-3-6-17(22)27-12-5-7-13-10-11-16-18-14(13)8-4-9-15(18)19(23)21(20(16)24)28-29(2,25)26/h4,8-11H,3,6,12H2,1-2H3. The van der Waals surface area contributed by atoms with Gasteiger partial charge in [0, 0.05) is 17.4 Å². The van der Waals surface area contributed by atoms with Gasteiger partial charge in [-0.25, -0.2) is 0 Å². The van der Waals surface area contributed by atoms with Crippen LogP contribution >= 0.6 is 0 Å². The van der Waals surface area contributed by atoms with Crippen molar-refractivity contribution in [2.75, 3.05) is 12.9 Å². The Morgan fingerprint density at radius 2 is 1.79 bits per heavy atom. The van der Waals surface area contributed by atoms with Gasteiger partial charge in [-0.15, -0.1) is 9.35 Å². The molecule has 0 saturated heterocycles. The van der Waals surface area contributed by atoms with Crippen molar-refractivity contribution >= 4 is 38.7 Å². The van der Waals surface area contributed by atoms with Crippen LogP contribution in [0, 0.1) is 11.8 Å². The summed E-state index contributed by atoms with van der Waals surface area (Å²) in [5.41, 5.74) is 0.785. The molecule has 0 radical (unpaired) electrons. The van der Waals surface area contributed by atoms with E-state index in [2.05, 4.69) is 16.1 Å². The highest BCUT2D eigenvalue weighted by Crippen LogP contribution is 2.32. The summed E-state index contributed by atoms with van der Waals surface area (Å²) >= 11 is 0. The Balaban J connectivity index is 1.99. The van der Waals surface area contributed by atoms with Crippen LogP contribution in [0.3, 0.4) is 0 Å². The van der Waals surface area contributed by atoms with Crippen LogP contribution in [0.4, 0.5) is 0 Å². The molecule has 29 heavy (non-hydrogen) atoms. The maximum Gasteiger partial charge on any atom is 0.306 e. The molecule has 2 aromatic rings. The number of nitrogens with zero attached hydrogens (tertiary/aromatic N) is 1. The predicted octanol–water partition coefficient (Wildman–Crippen LogP) is 2.02. The summed E-state index contributed by atoms with van der Waals surface area (Å²) < 4.78 is 32.4. The van der Waals surface area contributed by atoms with Crippen molar-refractivity contribution in [3.8, 4) is 11.8 Å². The number of carbonyl (C=O) groups excluding carboxylic acids is 3. The molecule has 2 amide bonds. The Morgan fingerprint density at radius 3 is 2.45 bits per heavy atom. The lowest BCUT2D eigenvalue weighted by atomic mass is 9.92. The van der Waals surface area contributed by atoms with Crippen LogP contribution in [0.25, 0.3) is 10.8 Å². The first kappa shape index (κ1) is 20.5. The van der Waals surface area contributed by atoms with Crippen molar-refractivity contribution in [2.24, 2.45) is 0 Å². The van der Waals surface area contributed by atoms with E-state index in [1.54, 1.807) is 18.2 Å². The van der Waals surface area contributed by atoms with Gasteiger partial charge in [-0.1, -0.05) is 30.9 Å². The van der Waals surface area contributed by atoms with Crippen LogP contribution in [-0.4, -0.2) is 44.1 Å². The van der Waals surface area contributed by atoms with Crippen molar-refractivity contribution < 1.29 is 31.8 Å². The molecule has 1 aliphatic rings. The molecular formula is C20H17NO7S. The molecule has 0 aromatic heterocycles. The first-order chi connectivity index (χ1) is 13.7.